The Morgan fingerprint density at radius 1 is 1.38 bits per heavy atom. The summed E-state index contributed by atoms with van der Waals surface area (Å²) in [6.07, 6.45) is 5.54. The second-order valence-electron chi connectivity index (χ2n) is 6.75. The number of rotatable bonds is 5. The lowest BCUT2D eigenvalue weighted by atomic mass is 9.71. The molecular weight excluding hydrogens is 322 g/mol. The van der Waals surface area contributed by atoms with Gasteiger partial charge in [0.1, 0.15) is 0 Å². The van der Waals surface area contributed by atoms with E-state index in [-0.39, 0.29) is 12.0 Å². The van der Waals surface area contributed by atoms with E-state index in [0.717, 1.165) is 37.2 Å². The first-order valence-corrected chi connectivity index (χ1v) is 9.28. The van der Waals surface area contributed by atoms with Gasteiger partial charge in [0.2, 0.25) is 0 Å². The topological polar surface area (TPSA) is 55.3 Å². The van der Waals surface area contributed by atoms with Crippen molar-refractivity contribution in [2.75, 3.05) is 7.11 Å². The SMILES string of the molecule is COC(=O)[C@@]1(Cc2cscn2)C[C@H]2CC[C@@H]1N2Cc1ccccn1. The molecule has 0 aromatic carbocycles. The molecule has 2 fully saturated rings. The molecule has 2 aliphatic rings. The van der Waals surface area contributed by atoms with Gasteiger partial charge in [-0.15, -0.1) is 11.3 Å². The summed E-state index contributed by atoms with van der Waals surface area (Å²) in [5.41, 5.74) is 3.42. The van der Waals surface area contributed by atoms with Crippen molar-refractivity contribution in [3.05, 3.63) is 46.7 Å². The van der Waals surface area contributed by atoms with E-state index in [0.29, 0.717) is 12.5 Å². The van der Waals surface area contributed by atoms with E-state index in [4.69, 9.17) is 4.74 Å². The summed E-state index contributed by atoms with van der Waals surface area (Å²) in [6, 6.07) is 6.64. The quantitative estimate of drug-likeness (QED) is 0.781. The number of thiazole rings is 1. The Morgan fingerprint density at radius 3 is 3.00 bits per heavy atom. The van der Waals surface area contributed by atoms with Crippen LogP contribution in [0.1, 0.15) is 30.7 Å². The Balaban J connectivity index is 1.63. The largest absolute Gasteiger partial charge is 0.469 e. The number of esters is 1. The molecule has 24 heavy (non-hydrogen) atoms. The Kier molecular flexibility index (Phi) is 4.10. The second kappa shape index (κ2) is 6.26. The van der Waals surface area contributed by atoms with Gasteiger partial charge in [0.25, 0.3) is 0 Å². The molecule has 6 heteroatoms. The summed E-state index contributed by atoms with van der Waals surface area (Å²) in [6.45, 7) is 0.798. The van der Waals surface area contributed by atoms with Crippen molar-refractivity contribution in [3.63, 3.8) is 0 Å². The summed E-state index contributed by atoms with van der Waals surface area (Å²) < 4.78 is 5.23. The standard InChI is InChI=1S/C18H21N3O2S/c1-23-17(22)18(8-14-11-24-12-20-14)9-15-5-6-16(18)21(15)10-13-4-2-3-7-19-13/h2-4,7,11-12,15-16H,5-6,8-10H2,1H3/t15-,16+,18+/m1/s1. The van der Waals surface area contributed by atoms with Crippen LogP contribution in [0.25, 0.3) is 0 Å². The molecule has 0 spiro atoms. The number of nitrogens with zero attached hydrogens (tertiary/aromatic N) is 3. The van der Waals surface area contributed by atoms with E-state index in [2.05, 4.69) is 20.9 Å². The van der Waals surface area contributed by atoms with Crippen LogP contribution in [0.5, 0.6) is 0 Å². The van der Waals surface area contributed by atoms with Gasteiger partial charge in [-0.05, 0) is 31.4 Å². The number of ether oxygens (including phenoxy) is 1. The highest BCUT2D eigenvalue weighted by Gasteiger charge is 2.60. The molecule has 4 heterocycles. The molecule has 0 unspecified atom stereocenters. The second-order valence-corrected chi connectivity index (χ2v) is 7.47. The highest BCUT2D eigenvalue weighted by atomic mass is 32.1. The van der Waals surface area contributed by atoms with Crippen molar-refractivity contribution in [2.45, 2.75) is 44.3 Å². The maximum absolute atomic E-state index is 12.8. The zero-order chi connectivity index (χ0) is 16.6. The summed E-state index contributed by atoms with van der Waals surface area (Å²) in [5.74, 6) is -0.0891. The molecule has 0 aliphatic carbocycles. The van der Waals surface area contributed by atoms with Crippen LogP contribution < -0.4 is 0 Å². The predicted molar refractivity (Wildman–Crippen MR) is 91.5 cm³/mol. The Morgan fingerprint density at radius 2 is 2.29 bits per heavy atom. The third kappa shape index (κ3) is 2.54. The zero-order valence-corrected chi connectivity index (χ0v) is 14.5. The van der Waals surface area contributed by atoms with E-state index in [1.54, 1.807) is 11.3 Å². The van der Waals surface area contributed by atoms with Crippen LogP contribution in [0.4, 0.5) is 0 Å². The van der Waals surface area contributed by atoms with Crippen LogP contribution in [0.3, 0.4) is 0 Å². The number of pyridine rings is 1. The lowest BCUT2D eigenvalue weighted by molar-refractivity contribution is -0.155. The molecule has 2 aromatic heterocycles. The number of hydrogen-bond acceptors (Lipinski definition) is 6. The first kappa shape index (κ1) is 15.7. The summed E-state index contributed by atoms with van der Waals surface area (Å²) in [7, 11) is 1.50. The van der Waals surface area contributed by atoms with Crippen LogP contribution in [0.15, 0.2) is 35.3 Å². The molecule has 3 atom stereocenters. The number of methoxy groups -OCH3 is 1. The highest BCUT2D eigenvalue weighted by molar-refractivity contribution is 7.07. The maximum atomic E-state index is 12.8. The molecular formula is C18H21N3O2S. The van der Waals surface area contributed by atoms with E-state index in [9.17, 15) is 4.79 Å². The van der Waals surface area contributed by atoms with E-state index in [1.807, 2.05) is 29.2 Å². The van der Waals surface area contributed by atoms with Gasteiger partial charge in [0, 0.05) is 36.6 Å². The van der Waals surface area contributed by atoms with Gasteiger partial charge in [-0.1, -0.05) is 6.07 Å². The monoisotopic (exact) mass is 343 g/mol. The van der Waals surface area contributed by atoms with Crippen LogP contribution >= 0.6 is 11.3 Å². The molecule has 0 N–H and O–H groups in total. The predicted octanol–water partition coefficient (Wildman–Crippen LogP) is 2.68. The van der Waals surface area contributed by atoms with Gasteiger partial charge < -0.3 is 4.74 Å². The molecule has 0 amide bonds. The zero-order valence-electron chi connectivity index (χ0n) is 13.7. The maximum Gasteiger partial charge on any atom is 0.313 e. The van der Waals surface area contributed by atoms with E-state index < -0.39 is 5.41 Å². The van der Waals surface area contributed by atoms with Crippen molar-refractivity contribution in [3.8, 4) is 0 Å². The van der Waals surface area contributed by atoms with Crippen molar-refractivity contribution in [1.29, 1.82) is 0 Å². The van der Waals surface area contributed by atoms with Crippen molar-refractivity contribution < 1.29 is 9.53 Å². The third-order valence-corrected chi connectivity index (χ3v) is 6.16. The molecule has 4 rings (SSSR count). The summed E-state index contributed by atoms with van der Waals surface area (Å²) >= 11 is 1.58. The molecule has 2 aliphatic heterocycles. The lowest BCUT2D eigenvalue weighted by Crippen LogP contribution is -2.45. The fourth-order valence-corrected chi connectivity index (χ4v) is 5.12. The first-order chi connectivity index (χ1) is 11.7. The average molecular weight is 343 g/mol. The van der Waals surface area contributed by atoms with Crippen LogP contribution in [-0.2, 0) is 22.5 Å². The Bertz CT molecular complexity index is 706. The normalized spacial score (nSPS) is 29.0. The van der Waals surface area contributed by atoms with Gasteiger partial charge in [0.15, 0.2) is 0 Å². The number of fused-ring (bicyclic) bond motifs is 2. The minimum absolute atomic E-state index is 0.0891. The molecule has 2 aromatic rings. The van der Waals surface area contributed by atoms with Gasteiger partial charge in [-0.2, -0.15) is 0 Å². The van der Waals surface area contributed by atoms with Crippen LogP contribution in [0.2, 0.25) is 0 Å². The minimum Gasteiger partial charge on any atom is -0.469 e. The fourth-order valence-electron chi connectivity index (χ4n) is 4.56. The number of carbonyl (C=O) groups excluding carboxylic acids is 1. The van der Waals surface area contributed by atoms with E-state index in [1.165, 1.54) is 7.11 Å². The van der Waals surface area contributed by atoms with Crippen LogP contribution in [-0.4, -0.2) is 40.0 Å². The molecule has 126 valence electrons. The van der Waals surface area contributed by atoms with Gasteiger partial charge >= 0.3 is 5.97 Å². The highest BCUT2D eigenvalue weighted by Crippen LogP contribution is 2.52. The van der Waals surface area contributed by atoms with Gasteiger partial charge in [-0.25, -0.2) is 4.98 Å². The smallest absolute Gasteiger partial charge is 0.313 e. The van der Waals surface area contributed by atoms with Gasteiger partial charge in [-0.3, -0.25) is 14.7 Å². The van der Waals surface area contributed by atoms with Crippen molar-refractivity contribution in [1.82, 2.24) is 14.9 Å². The van der Waals surface area contributed by atoms with Crippen molar-refractivity contribution in [2.24, 2.45) is 5.41 Å². The Hall–Kier alpha value is -1.79. The van der Waals surface area contributed by atoms with Crippen molar-refractivity contribution >= 4 is 17.3 Å². The minimum atomic E-state index is -0.472. The van der Waals surface area contributed by atoms with E-state index >= 15 is 0 Å². The summed E-state index contributed by atoms with van der Waals surface area (Å²) in [5, 5.41) is 2.04. The third-order valence-electron chi connectivity index (χ3n) is 5.52. The van der Waals surface area contributed by atoms with Gasteiger partial charge in [0.05, 0.1) is 29.4 Å². The average Bonchev–Trinajstić information content (AvgIpc) is 3.32. The molecule has 5 nitrogen and oxygen atoms in total. The first-order valence-electron chi connectivity index (χ1n) is 8.34. The summed E-state index contributed by atoms with van der Waals surface area (Å²) in [4.78, 5) is 24.1. The number of hydrogen-bond donors (Lipinski definition) is 0. The number of aromatic nitrogens is 2. The fraction of sp³-hybridized carbons (Fsp3) is 0.500. The number of carbonyl (C=O) groups is 1. The molecule has 0 saturated carbocycles. The van der Waals surface area contributed by atoms with Crippen LogP contribution in [0, 0.1) is 5.41 Å². The molecule has 2 bridgehead atoms. The Labute approximate surface area is 145 Å². The molecule has 2 saturated heterocycles. The molecule has 0 radical (unpaired) electrons. The lowest BCUT2D eigenvalue weighted by Gasteiger charge is -2.34.